The quantitative estimate of drug-likeness (QED) is 0.669. The molecule has 0 saturated carbocycles. The van der Waals surface area contributed by atoms with E-state index in [4.69, 9.17) is 4.74 Å². The molecule has 0 aliphatic rings. The van der Waals surface area contributed by atoms with Crippen molar-refractivity contribution in [1.29, 1.82) is 0 Å². The Hall–Kier alpha value is -2.80. The third kappa shape index (κ3) is 3.66. The molecule has 0 unspecified atom stereocenters. The Morgan fingerprint density at radius 3 is 2.72 bits per heavy atom. The third-order valence-corrected chi connectivity index (χ3v) is 4.77. The van der Waals surface area contributed by atoms with Crippen LogP contribution in [-0.2, 0) is 21.2 Å². The predicted molar refractivity (Wildman–Crippen MR) is 90.4 cm³/mol. The molecule has 0 fully saturated rings. The Balaban J connectivity index is 1.83. The van der Waals surface area contributed by atoms with Crippen molar-refractivity contribution in [2.45, 2.75) is 11.5 Å². The van der Waals surface area contributed by atoms with Gasteiger partial charge in [0.25, 0.3) is 0 Å². The lowest BCUT2D eigenvalue weighted by atomic mass is 10.1. The molecule has 1 aromatic heterocycles. The lowest BCUT2D eigenvalue weighted by Crippen LogP contribution is -2.07. The number of hydrogen-bond donors (Lipinski definition) is 0. The molecule has 0 spiro atoms. The first-order chi connectivity index (χ1) is 11.9. The van der Waals surface area contributed by atoms with Crippen LogP contribution in [0.4, 0.5) is 4.39 Å². The highest BCUT2D eigenvalue weighted by Crippen LogP contribution is 2.21. The average molecular weight is 359 g/mol. The number of hydrogen-bond acceptors (Lipinski definition) is 5. The van der Waals surface area contributed by atoms with Gasteiger partial charge in [-0.3, -0.25) is 4.98 Å². The van der Waals surface area contributed by atoms with Crippen molar-refractivity contribution in [2.75, 3.05) is 6.26 Å². The number of aromatic nitrogens is 1. The average Bonchev–Trinajstić information content (AvgIpc) is 2.60. The Labute approximate surface area is 144 Å². The second-order valence-corrected chi connectivity index (χ2v) is 7.50. The molecule has 3 aromatic rings. The van der Waals surface area contributed by atoms with Gasteiger partial charge in [-0.2, -0.15) is 0 Å². The molecule has 1 heterocycles. The monoisotopic (exact) mass is 359 g/mol. The Morgan fingerprint density at radius 1 is 1.16 bits per heavy atom. The molecule has 0 aliphatic heterocycles. The van der Waals surface area contributed by atoms with Crippen LogP contribution in [0.1, 0.15) is 15.9 Å². The normalized spacial score (nSPS) is 11.4. The molecule has 0 saturated heterocycles. The van der Waals surface area contributed by atoms with Gasteiger partial charge in [0, 0.05) is 23.4 Å². The first-order valence-electron chi connectivity index (χ1n) is 7.35. The van der Waals surface area contributed by atoms with Crippen molar-refractivity contribution in [2.24, 2.45) is 0 Å². The number of esters is 1. The molecule has 5 nitrogen and oxygen atoms in total. The lowest BCUT2D eigenvalue weighted by molar-refractivity contribution is 0.0474. The first-order valence-corrected chi connectivity index (χ1v) is 9.25. The number of benzene rings is 2. The summed E-state index contributed by atoms with van der Waals surface area (Å²) >= 11 is 0. The van der Waals surface area contributed by atoms with Gasteiger partial charge in [0.2, 0.25) is 0 Å². The zero-order chi connectivity index (χ0) is 18.0. The van der Waals surface area contributed by atoms with Gasteiger partial charge in [0.15, 0.2) is 9.84 Å². The van der Waals surface area contributed by atoms with Crippen LogP contribution in [0.25, 0.3) is 10.9 Å². The summed E-state index contributed by atoms with van der Waals surface area (Å²) in [7, 11) is -3.42. The topological polar surface area (TPSA) is 73.3 Å². The van der Waals surface area contributed by atoms with Crippen LogP contribution in [-0.4, -0.2) is 25.6 Å². The van der Waals surface area contributed by atoms with Crippen LogP contribution in [0, 0.1) is 5.82 Å². The van der Waals surface area contributed by atoms with Crippen molar-refractivity contribution >= 4 is 26.7 Å². The van der Waals surface area contributed by atoms with Gasteiger partial charge in [-0.05, 0) is 36.4 Å². The first kappa shape index (κ1) is 17.0. The molecule has 3 rings (SSSR count). The zero-order valence-corrected chi connectivity index (χ0v) is 14.1. The molecular formula is C18H14FNO4S. The highest BCUT2D eigenvalue weighted by molar-refractivity contribution is 7.90. The Bertz CT molecular complexity index is 1060. The largest absolute Gasteiger partial charge is 0.457 e. The summed E-state index contributed by atoms with van der Waals surface area (Å²) in [6.07, 6.45) is 2.59. The number of pyridine rings is 1. The lowest BCUT2D eigenvalue weighted by Gasteiger charge is -2.08. The third-order valence-electron chi connectivity index (χ3n) is 3.66. The highest BCUT2D eigenvalue weighted by Gasteiger charge is 2.14. The number of carbonyl (C=O) groups is 1. The summed E-state index contributed by atoms with van der Waals surface area (Å²) in [6, 6.07) is 11.6. The van der Waals surface area contributed by atoms with Crippen molar-refractivity contribution < 1.29 is 22.3 Å². The van der Waals surface area contributed by atoms with E-state index in [0.717, 1.165) is 6.26 Å². The van der Waals surface area contributed by atoms with Gasteiger partial charge in [-0.1, -0.05) is 12.1 Å². The molecule has 7 heteroatoms. The maximum Gasteiger partial charge on any atom is 0.338 e. The van der Waals surface area contributed by atoms with Gasteiger partial charge in [-0.25, -0.2) is 17.6 Å². The molecule has 0 atom stereocenters. The van der Waals surface area contributed by atoms with E-state index in [1.54, 1.807) is 12.1 Å². The molecular weight excluding hydrogens is 345 g/mol. The maximum absolute atomic E-state index is 13.8. The van der Waals surface area contributed by atoms with Gasteiger partial charge >= 0.3 is 5.97 Å². The molecule has 0 aliphatic carbocycles. The minimum atomic E-state index is -3.42. The van der Waals surface area contributed by atoms with E-state index < -0.39 is 21.6 Å². The van der Waals surface area contributed by atoms with Crippen molar-refractivity contribution in [1.82, 2.24) is 4.98 Å². The zero-order valence-electron chi connectivity index (χ0n) is 13.3. The molecule has 128 valence electrons. The second-order valence-electron chi connectivity index (χ2n) is 5.48. The summed E-state index contributed by atoms with van der Waals surface area (Å²) in [6.45, 7) is -0.101. The molecule has 0 bridgehead atoms. The fourth-order valence-electron chi connectivity index (χ4n) is 2.39. The number of sulfone groups is 1. The van der Waals surface area contributed by atoms with E-state index in [-0.39, 0.29) is 17.1 Å². The van der Waals surface area contributed by atoms with Gasteiger partial charge in [0.05, 0.1) is 16.0 Å². The number of rotatable bonds is 4. The van der Waals surface area contributed by atoms with Gasteiger partial charge < -0.3 is 4.74 Å². The minimum absolute atomic E-state index is 0.0378. The van der Waals surface area contributed by atoms with E-state index in [1.165, 1.54) is 42.6 Å². The number of carbonyl (C=O) groups excluding carboxylic acids is 1. The molecule has 0 amide bonds. The smallest absolute Gasteiger partial charge is 0.338 e. The minimum Gasteiger partial charge on any atom is -0.457 e. The molecule has 2 aromatic carbocycles. The fourth-order valence-corrected chi connectivity index (χ4v) is 3.06. The van der Waals surface area contributed by atoms with Crippen LogP contribution in [0.5, 0.6) is 0 Å². The number of ether oxygens (including phenoxy) is 1. The molecule has 0 N–H and O–H groups in total. The van der Waals surface area contributed by atoms with Crippen LogP contribution >= 0.6 is 0 Å². The van der Waals surface area contributed by atoms with Crippen molar-refractivity contribution in [3.63, 3.8) is 0 Å². The molecule has 25 heavy (non-hydrogen) atoms. The van der Waals surface area contributed by atoms with E-state index in [2.05, 4.69) is 4.98 Å². The van der Waals surface area contributed by atoms with E-state index in [0.29, 0.717) is 16.5 Å². The summed E-state index contributed by atoms with van der Waals surface area (Å²) < 4.78 is 42.2. The second kappa shape index (κ2) is 6.60. The van der Waals surface area contributed by atoms with Crippen LogP contribution < -0.4 is 0 Å². The summed E-state index contributed by atoms with van der Waals surface area (Å²) in [4.78, 5) is 16.4. The molecule has 0 radical (unpaired) electrons. The van der Waals surface area contributed by atoms with Crippen LogP contribution in [0.2, 0.25) is 0 Å². The van der Waals surface area contributed by atoms with Crippen molar-refractivity contribution in [3.05, 3.63) is 71.7 Å². The van der Waals surface area contributed by atoms with Crippen LogP contribution in [0.15, 0.2) is 59.6 Å². The van der Waals surface area contributed by atoms with E-state index in [9.17, 15) is 17.6 Å². The summed E-state index contributed by atoms with van der Waals surface area (Å²) in [5.74, 6) is -1.07. The number of halogens is 1. The number of fused-ring (bicyclic) bond motifs is 1. The van der Waals surface area contributed by atoms with Crippen molar-refractivity contribution in [3.8, 4) is 0 Å². The summed E-state index contributed by atoms with van der Waals surface area (Å²) in [5.41, 5.74) is 1.10. The Kier molecular flexibility index (Phi) is 4.50. The maximum atomic E-state index is 13.8. The predicted octanol–water partition coefficient (Wildman–Crippen LogP) is 3.13. The van der Waals surface area contributed by atoms with Gasteiger partial charge in [0.1, 0.15) is 12.4 Å². The van der Waals surface area contributed by atoms with Crippen LogP contribution in [0.3, 0.4) is 0 Å². The Morgan fingerprint density at radius 2 is 1.96 bits per heavy atom. The standard InChI is InChI=1S/C18H14FNO4S/c1-25(22,23)14-5-2-4-12(10-14)18(21)24-11-13-7-8-16(19)15-6-3-9-20-17(13)15/h2-10H,11H2,1H3. The summed E-state index contributed by atoms with van der Waals surface area (Å²) in [5, 5.41) is 0.343. The SMILES string of the molecule is CS(=O)(=O)c1cccc(C(=O)OCc2ccc(F)c3cccnc23)c1. The fraction of sp³-hybridized carbons (Fsp3) is 0.111. The highest BCUT2D eigenvalue weighted by atomic mass is 32.2. The van der Waals surface area contributed by atoms with Gasteiger partial charge in [-0.15, -0.1) is 0 Å². The number of nitrogens with zero attached hydrogens (tertiary/aromatic N) is 1. The van der Waals surface area contributed by atoms with E-state index in [1.807, 2.05) is 0 Å². The van der Waals surface area contributed by atoms with E-state index >= 15 is 0 Å².